The highest BCUT2D eigenvalue weighted by atomic mass is 14.1. The van der Waals surface area contributed by atoms with E-state index in [1.807, 2.05) is 6.92 Å². The predicted octanol–water partition coefficient (Wildman–Crippen LogP) is 7.98. The molecule has 0 atom stereocenters. The molecule has 0 aliphatic carbocycles. The van der Waals surface area contributed by atoms with E-state index in [0.717, 1.165) is 0 Å². The Morgan fingerprint density at radius 1 is 0.630 bits per heavy atom. The lowest BCUT2D eigenvalue weighted by Crippen LogP contribution is -1.86. The Morgan fingerprint density at radius 2 is 1.26 bits per heavy atom. The highest BCUT2D eigenvalue weighted by Gasteiger charge is 2.07. The molecule has 27 heavy (non-hydrogen) atoms. The molecule has 134 valence electrons. The molecule has 0 fully saturated rings. The third kappa shape index (κ3) is 4.35. The molecule has 4 aromatic rings. The first-order valence-electron chi connectivity index (χ1n) is 9.36. The molecule has 0 N–H and O–H groups in total. The molecule has 0 heterocycles. The molecule has 0 bridgehead atoms. The van der Waals surface area contributed by atoms with E-state index in [9.17, 15) is 0 Å². The summed E-state index contributed by atoms with van der Waals surface area (Å²) in [5, 5.41) is 2.59. The molecular formula is C27H26. The Labute approximate surface area is 162 Å². The Balaban J connectivity index is 0.000000659. The van der Waals surface area contributed by atoms with E-state index in [2.05, 4.69) is 105 Å². The van der Waals surface area contributed by atoms with Gasteiger partial charge in [0.05, 0.1) is 0 Å². The summed E-state index contributed by atoms with van der Waals surface area (Å²) in [4.78, 5) is 0. The van der Waals surface area contributed by atoms with Gasteiger partial charge in [-0.05, 0) is 65.4 Å². The van der Waals surface area contributed by atoms with Gasteiger partial charge in [0.2, 0.25) is 0 Å². The second-order valence-corrected chi connectivity index (χ2v) is 6.89. The van der Waals surface area contributed by atoms with Crippen LogP contribution in [0.1, 0.15) is 18.1 Å². The number of allylic oxidation sites excluding steroid dienone is 1. The van der Waals surface area contributed by atoms with Gasteiger partial charge in [-0.3, -0.25) is 0 Å². The van der Waals surface area contributed by atoms with Crippen molar-refractivity contribution < 1.29 is 0 Å². The van der Waals surface area contributed by atoms with Crippen LogP contribution in [0.4, 0.5) is 0 Å². The lowest BCUT2D eigenvalue weighted by molar-refractivity contribution is 1.44. The summed E-state index contributed by atoms with van der Waals surface area (Å²) < 4.78 is 0. The van der Waals surface area contributed by atoms with E-state index in [4.69, 9.17) is 0 Å². The molecule has 0 unspecified atom stereocenters. The number of hydrogen-bond acceptors (Lipinski definition) is 0. The zero-order chi connectivity index (χ0) is 19.2. The average molecular weight is 351 g/mol. The summed E-state index contributed by atoms with van der Waals surface area (Å²) in [6, 6.07) is 30.7. The fourth-order valence-corrected chi connectivity index (χ4v) is 3.41. The first kappa shape index (κ1) is 18.7. The van der Waals surface area contributed by atoms with Gasteiger partial charge in [-0.2, -0.15) is 0 Å². The molecule has 0 heteroatoms. The van der Waals surface area contributed by atoms with Gasteiger partial charge in [-0.15, -0.1) is 6.58 Å². The second-order valence-electron chi connectivity index (χ2n) is 6.89. The van der Waals surface area contributed by atoms with Crippen molar-refractivity contribution in [1.82, 2.24) is 0 Å². The summed E-state index contributed by atoms with van der Waals surface area (Å²) in [5.41, 5.74) is 7.72. The van der Waals surface area contributed by atoms with Crippen molar-refractivity contribution in [2.24, 2.45) is 0 Å². The van der Waals surface area contributed by atoms with E-state index in [1.165, 1.54) is 44.2 Å². The fraction of sp³-hybridized carbons (Fsp3) is 0.111. The molecule has 0 saturated carbocycles. The molecule has 0 spiro atoms. The first-order chi connectivity index (χ1) is 13.1. The molecule has 0 radical (unpaired) electrons. The third-order valence-electron chi connectivity index (χ3n) is 4.53. The first-order valence-corrected chi connectivity index (χ1v) is 9.36. The van der Waals surface area contributed by atoms with Gasteiger partial charge < -0.3 is 0 Å². The van der Waals surface area contributed by atoms with Gasteiger partial charge >= 0.3 is 0 Å². The molecule has 4 aromatic carbocycles. The van der Waals surface area contributed by atoms with Crippen molar-refractivity contribution in [1.29, 1.82) is 0 Å². The van der Waals surface area contributed by atoms with Crippen molar-refractivity contribution in [3.63, 3.8) is 0 Å². The SMILES string of the molecule is C=CC.Cc1cccc(-c2cc(C)cc(-c3cccc4ccccc34)c2)c1. The molecule has 0 aliphatic rings. The van der Waals surface area contributed by atoms with E-state index in [-0.39, 0.29) is 0 Å². The van der Waals surface area contributed by atoms with Crippen LogP contribution in [0.3, 0.4) is 0 Å². The maximum Gasteiger partial charge on any atom is -0.0105 e. The summed E-state index contributed by atoms with van der Waals surface area (Å²) >= 11 is 0. The van der Waals surface area contributed by atoms with E-state index < -0.39 is 0 Å². The van der Waals surface area contributed by atoms with Crippen LogP contribution >= 0.6 is 0 Å². The normalized spacial score (nSPS) is 10.2. The van der Waals surface area contributed by atoms with Gasteiger partial charge in [0.25, 0.3) is 0 Å². The molecule has 0 aliphatic heterocycles. The second kappa shape index (κ2) is 8.51. The molecule has 0 saturated heterocycles. The highest BCUT2D eigenvalue weighted by Crippen LogP contribution is 2.32. The summed E-state index contributed by atoms with van der Waals surface area (Å²) in [7, 11) is 0. The smallest absolute Gasteiger partial charge is 0.0105 e. The number of benzene rings is 4. The molecular weight excluding hydrogens is 324 g/mol. The maximum atomic E-state index is 3.36. The van der Waals surface area contributed by atoms with Gasteiger partial charge in [0.15, 0.2) is 0 Å². The van der Waals surface area contributed by atoms with Crippen molar-refractivity contribution in [3.05, 3.63) is 109 Å². The fourth-order valence-electron chi connectivity index (χ4n) is 3.41. The number of hydrogen-bond donors (Lipinski definition) is 0. The number of rotatable bonds is 2. The van der Waals surface area contributed by atoms with Crippen molar-refractivity contribution in [2.45, 2.75) is 20.8 Å². The lowest BCUT2D eigenvalue weighted by atomic mass is 9.93. The van der Waals surface area contributed by atoms with Gasteiger partial charge in [0, 0.05) is 0 Å². The molecule has 0 aromatic heterocycles. The zero-order valence-corrected chi connectivity index (χ0v) is 16.4. The standard InChI is InChI=1S/C24H20.C3H6/c1-17-7-5-10-20(13-17)21-14-18(2)15-22(16-21)24-12-6-9-19-8-3-4-11-23(19)24;1-3-2/h3-16H,1-2H3;3H,1H2,2H3. The minimum atomic E-state index is 1.28. The van der Waals surface area contributed by atoms with Crippen LogP contribution in [0.5, 0.6) is 0 Å². The molecule has 0 nitrogen and oxygen atoms in total. The minimum absolute atomic E-state index is 1.28. The number of fused-ring (bicyclic) bond motifs is 1. The Kier molecular flexibility index (Phi) is 5.88. The van der Waals surface area contributed by atoms with E-state index in [0.29, 0.717) is 0 Å². The monoisotopic (exact) mass is 350 g/mol. The van der Waals surface area contributed by atoms with Crippen LogP contribution in [0.25, 0.3) is 33.0 Å². The van der Waals surface area contributed by atoms with Gasteiger partial charge in [-0.1, -0.05) is 90.5 Å². The Hall–Kier alpha value is -3.12. The summed E-state index contributed by atoms with van der Waals surface area (Å²) in [5.74, 6) is 0. The van der Waals surface area contributed by atoms with Crippen LogP contribution in [0.2, 0.25) is 0 Å². The molecule has 0 amide bonds. The van der Waals surface area contributed by atoms with Crippen LogP contribution in [-0.2, 0) is 0 Å². The summed E-state index contributed by atoms with van der Waals surface area (Å²) in [6.45, 7) is 9.57. The van der Waals surface area contributed by atoms with E-state index >= 15 is 0 Å². The van der Waals surface area contributed by atoms with Crippen LogP contribution in [0.15, 0.2) is 97.6 Å². The lowest BCUT2D eigenvalue weighted by Gasteiger charge is -2.11. The van der Waals surface area contributed by atoms with Crippen molar-refractivity contribution in [2.75, 3.05) is 0 Å². The van der Waals surface area contributed by atoms with Gasteiger partial charge in [-0.25, -0.2) is 0 Å². The molecule has 4 rings (SSSR count). The topological polar surface area (TPSA) is 0 Å². The largest absolute Gasteiger partial charge is 0.103 e. The van der Waals surface area contributed by atoms with Crippen molar-refractivity contribution in [3.8, 4) is 22.3 Å². The van der Waals surface area contributed by atoms with Crippen molar-refractivity contribution >= 4 is 10.8 Å². The van der Waals surface area contributed by atoms with Crippen LogP contribution in [-0.4, -0.2) is 0 Å². The number of aryl methyl sites for hydroxylation is 2. The predicted molar refractivity (Wildman–Crippen MR) is 120 cm³/mol. The maximum absolute atomic E-state index is 3.36. The van der Waals surface area contributed by atoms with Crippen LogP contribution in [0, 0.1) is 13.8 Å². The third-order valence-corrected chi connectivity index (χ3v) is 4.53. The highest BCUT2D eigenvalue weighted by molar-refractivity contribution is 5.97. The minimum Gasteiger partial charge on any atom is -0.103 e. The zero-order valence-electron chi connectivity index (χ0n) is 16.4. The van der Waals surface area contributed by atoms with Crippen LogP contribution < -0.4 is 0 Å². The average Bonchev–Trinajstić information content (AvgIpc) is 2.68. The summed E-state index contributed by atoms with van der Waals surface area (Å²) in [6.07, 6.45) is 1.75. The quantitative estimate of drug-likeness (QED) is 0.321. The van der Waals surface area contributed by atoms with E-state index in [1.54, 1.807) is 6.08 Å². The Morgan fingerprint density at radius 3 is 2.04 bits per heavy atom. The Bertz CT molecular complexity index is 1060. The van der Waals surface area contributed by atoms with Gasteiger partial charge in [0.1, 0.15) is 0 Å².